The van der Waals surface area contributed by atoms with Gasteiger partial charge in [-0.05, 0) is 19.8 Å². The average molecular weight is 263 g/mol. The molecule has 2 fully saturated rings. The van der Waals surface area contributed by atoms with Crippen LogP contribution in [0, 0.1) is 5.92 Å². The molecule has 2 heterocycles. The van der Waals surface area contributed by atoms with Gasteiger partial charge in [-0.15, -0.1) is 0 Å². The number of fused-ring (bicyclic) bond motifs is 1. The highest BCUT2D eigenvalue weighted by Gasteiger charge is 2.40. The summed E-state index contributed by atoms with van der Waals surface area (Å²) in [4.78, 5) is 13.1. The fourth-order valence-corrected chi connectivity index (χ4v) is 2.86. The Morgan fingerprint density at radius 3 is 3.00 bits per heavy atom. The van der Waals surface area contributed by atoms with Crippen molar-refractivity contribution < 1.29 is 22.1 Å². The molecule has 2 aliphatic heterocycles. The zero-order chi connectivity index (χ0) is 12.5. The third-order valence-electron chi connectivity index (χ3n) is 3.31. The summed E-state index contributed by atoms with van der Waals surface area (Å²) in [6, 6.07) is 0.0725. The van der Waals surface area contributed by atoms with E-state index < -0.39 is 10.1 Å². The first kappa shape index (κ1) is 12.6. The van der Waals surface area contributed by atoms with Crippen molar-refractivity contribution in [2.75, 3.05) is 25.5 Å². The molecule has 1 amide bonds. The van der Waals surface area contributed by atoms with Crippen molar-refractivity contribution in [1.82, 2.24) is 4.90 Å². The Morgan fingerprint density at radius 1 is 1.53 bits per heavy atom. The van der Waals surface area contributed by atoms with Gasteiger partial charge in [0.25, 0.3) is 10.1 Å². The summed E-state index contributed by atoms with van der Waals surface area (Å²) in [6.07, 6.45) is 1.55. The third-order valence-corrected chi connectivity index (χ3v) is 4.52. The van der Waals surface area contributed by atoms with Gasteiger partial charge in [0.2, 0.25) is 0 Å². The summed E-state index contributed by atoms with van der Waals surface area (Å²) in [6.45, 7) is 2.59. The predicted molar refractivity (Wildman–Crippen MR) is 60.0 cm³/mol. The maximum absolute atomic E-state index is 11.4. The molecule has 0 N–H and O–H groups in total. The zero-order valence-corrected chi connectivity index (χ0v) is 10.6. The van der Waals surface area contributed by atoms with Gasteiger partial charge in [-0.2, -0.15) is 8.42 Å². The van der Waals surface area contributed by atoms with E-state index in [1.165, 1.54) is 6.92 Å². The lowest BCUT2D eigenvalue weighted by atomic mass is 9.98. The molecule has 0 spiro atoms. The number of carbonyl (C=O) groups excluding carboxylic acids is 1. The summed E-state index contributed by atoms with van der Waals surface area (Å²) in [7, 11) is -3.42. The molecule has 7 heteroatoms. The van der Waals surface area contributed by atoms with E-state index in [2.05, 4.69) is 0 Å². The minimum Gasteiger partial charge on any atom is -0.449 e. The molecule has 0 aliphatic carbocycles. The molecule has 0 radical (unpaired) electrons. The Labute approximate surface area is 101 Å². The number of hydrogen-bond acceptors (Lipinski definition) is 5. The quantitative estimate of drug-likeness (QED) is 0.694. The molecule has 2 unspecified atom stereocenters. The predicted octanol–water partition coefficient (Wildman–Crippen LogP) is 0.583. The van der Waals surface area contributed by atoms with Crippen LogP contribution in [0.4, 0.5) is 4.79 Å². The van der Waals surface area contributed by atoms with Crippen molar-refractivity contribution in [3.63, 3.8) is 0 Å². The Hall–Kier alpha value is -0.820. The fraction of sp³-hybridized carbons (Fsp3) is 0.900. The van der Waals surface area contributed by atoms with Crippen LogP contribution < -0.4 is 0 Å². The van der Waals surface area contributed by atoms with E-state index in [1.54, 1.807) is 4.90 Å². The van der Waals surface area contributed by atoms with E-state index in [0.29, 0.717) is 6.54 Å². The van der Waals surface area contributed by atoms with E-state index >= 15 is 0 Å². The van der Waals surface area contributed by atoms with Gasteiger partial charge in [0.05, 0.1) is 12.4 Å². The molecular weight excluding hydrogens is 246 g/mol. The minimum atomic E-state index is -3.42. The number of hydrogen-bond donors (Lipinski definition) is 0. The summed E-state index contributed by atoms with van der Waals surface area (Å²) >= 11 is 0. The van der Waals surface area contributed by atoms with Crippen molar-refractivity contribution in [1.29, 1.82) is 0 Å². The minimum absolute atomic E-state index is 0.0338. The number of cyclic esters (lactones) is 1. The number of amides is 1. The van der Waals surface area contributed by atoms with Gasteiger partial charge >= 0.3 is 6.09 Å². The van der Waals surface area contributed by atoms with Crippen LogP contribution in [0.1, 0.15) is 19.8 Å². The first-order valence-corrected chi connectivity index (χ1v) is 7.41. The molecule has 98 valence electrons. The van der Waals surface area contributed by atoms with Gasteiger partial charge in [-0.1, -0.05) is 0 Å². The number of nitrogens with zero attached hydrogens (tertiary/aromatic N) is 1. The van der Waals surface area contributed by atoms with Gasteiger partial charge in [0.1, 0.15) is 6.61 Å². The van der Waals surface area contributed by atoms with Crippen molar-refractivity contribution >= 4 is 16.2 Å². The van der Waals surface area contributed by atoms with E-state index in [-0.39, 0.29) is 37.0 Å². The largest absolute Gasteiger partial charge is 0.449 e. The van der Waals surface area contributed by atoms with Crippen LogP contribution in [0.5, 0.6) is 0 Å². The molecule has 0 saturated carbocycles. The van der Waals surface area contributed by atoms with Crippen LogP contribution in [0.25, 0.3) is 0 Å². The molecule has 0 aromatic rings. The summed E-state index contributed by atoms with van der Waals surface area (Å²) < 4.78 is 32.4. The summed E-state index contributed by atoms with van der Waals surface area (Å²) in [5, 5.41) is 0. The molecular formula is C10H17NO5S. The Kier molecular flexibility index (Phi) is 3.58. The number of ether oxygens (including phenoxy) is 1. The average Bonchev–Trinajstić information content (AvgIpc) is 2.78. The zero-order valence-electron chi connectivity index (χ0n) is 9.79. The monoisotopic (exact) mass is 263 g/mol. The van der Waals surface area contributed by atoms with Crippen LogP contribution in [0.3, 0.4) is 0 Å². The van der Waals surface area contributed by atoms with Gasteiger partial charge in [0, 0.05) is 18.5 Å². The van der Waals surface area contributed by atoms with Crippen LogP contribution in [-0.4, -0.2) is 51.0 Å². The van der Waals surface area contributed by atoms with Crippen LogP contribution >= 0.6 is 0 Å². The van der Waals surface area contributed by atoms with Gasteiger partial charge in [0.15, 0.2) is 0 Å². The maximum Gasteiger partial charge on any atom is 0.410 e. The molecule has 2 rings (SSSR count). The highest BCUT2D eigenvalue weighted by molar-refractivity contribution is 7.86. The van der Waals surface area contributed by atoms with Crippen molar-refractivity contribution in [3.8, 4) is 0 Å². The first-order chi connectivity index (χ1) is 8.03. The normalized spacial score (nSPS) is 29.0. The van der Waals surface area contributed by atoms with E-state index in [4.69, 9.17) is 8.92 Å². The third kappa shape index (κ3) is 2.71. The molecule has 2 atom stereocenters. The standard InChI is InChI=1S/C10H17NO5S/c1-2-17(13,14)16-7-8-6-15-10(12)11-5-3-4-9(8)11/h8-9H,2-7H2,1H3. The molecule has 0 aromatic carbocycles. The second kappa shape index (κ2) is 4.81. The second-order valence-corrected chi connectivity index (χ2v) is 6.30. The smallest absolute Gasteiger partial charge is 0.410 e. The highest BCUT2D eigenvalue weighted by atomic mass is 32.2. The van der Waals surface area contributed by atoms with Gasteiger partial charge < -0.3 is 9.64 Å². The van der Waals surface area contributed by atoms with Gasteiger partial charge in [-0.25, -0.2) is 4.79 Å². The lowest BCUT2D eigenvalue weighted by Gasteiger charge is -2.35. The van der Waals surface area contributed by atoms with Crippen LogP contribution in [0.15, 0.2) is 0 Å². The lowest BCUT2D eigenvalue weighted by Crippen LogP contribution is -2.49. The van der Waals surface area contributed by atoms with E-state index in [1.807, 2.05) is 0 Å². The fourth-order valence-electron chi connectivity index (χ4n) is 2.32. The topological polar surface area (TPSA) is 72.9 Å². The molecule has 2 saturated heterocycles. The Morgan fingerprint density at radius 2 is 2.29 bits per heavy atom. The van der Waals surface area contributed by atoms with Crippen molar-refractivity contribution in [3.05, 3.63) is 0 Å². The molecule has 0 aromatic heterocycles. The summed E-state index contributed by atoms with van der Waals surface area (Å²) in [5.41, 5.74) is 0. The number of rotatable bonds is 4. The maximum atomic E-state index is 11.4. The van der Waals surface area contributed by atoms with E-state index in [0.717, 1.165) is 12.8 Å². The number of carbonyl (C=O) groups is 1. The Balaban J connectivity index is 1.95. The van der Waals surface area contributed by atoms with Crippen molar-refractivity contribution in [2.24, 2.45) is 5.92 Å². The first-order valence-electron chi connectivity index (χ1n) is 5.84. The highest BCUT2D eigenvalue weighted by Crippen LogP contribution is 2.29. The molecule has 6 nitrogen and oxygen atoms in total. The lowest BCUT2D eigenvalue weighted by molar-refractivity contribution is 0.00957. The molecule has 0 bridgehead atoms. The van der Waals surface area contributed by atoms with Crippen LogP contribution in [-0.2, 0) is 19.0 Å². The van der Waals surface area contributed by atoms with E-state index in [9.17, 15) is 13.2 Å². The Bertz CT molecular complexity index is 394. The molecule has 17 heavy (non-hydrogen) atoms. The second-order valence-electron chi connectivity index (χ2n) is 4.37. The van der Waals surface area contributed by atoms with Crippen LogP contribution in [0.2, 0.25) is 0 Å². The molecule has 2 aliphatic rings. The van der Waals surface area contributed by atoms with Gasteiger partial charge in [-0.3, -0.25) is 4.18 Å². The van der Waals surface area contributed by atoms with Crippen molar-refractivity contribution in [2.45, 2.75) is 25.8 Å². The SMILES string of the molecule is CCS(=O)(=O)OCC1COC(=O)N2CCCC12. The summed E-state index contributed by atoms with van der Waals surface area (Å²) in [5.74, 6) is -0.0787.